The Hall–Kier alpha value is -3.08. The van der Waals surface area contributed by atoms with E-state index in [1.165, 1.54) is 17.5 Å². The van der Waals surface area contributed by atoms with Crippen LogP contribution in [0.2, 0.25) is 0 Å². The van der Waals surface area contributed by atoms with Crippen molar-refractivity contribution in [3.63, 3.8) is 0 Å². The highest BCUT2D eigenvalue weighted by Gasteiger charge is 2.09. The Labute approximate surface area is 148 Å². The SMILES string of the molecule is CCc1ccc(Nc2ncnc(Nc3ccc(CC)cc3)c2N)cc1. The minimum absolute atomic E-state index is 0.488. The van der Waals surface area contributed by atoms with Gasteiger partial charge >= 0.3 is 0 Å². The number of hydrogen-bond acceptors (Lipinski definition) is 5. The van der Waals surface area contributed by atoms with E-state index in [2.05, 4.69) is 58.7 Å². The van der Waals surface area contributed by atoms with Gasteiger partial charge in [-0.25, -0.2) is 9.97 Å². The summed E-state index contributed by atoms with van der Waals surface area (Å²) >= 11 is 0. The average molecular weight is 333 g/mol. The van der Waals surface area contributed by atoms with Crippen molar-refractivity contribution in [2.75, 3.05) is 16.4 Å². The predicted octanol–water partition coefficient (Wildman–Crippen LogP) is 4.67. The maximum absolute atomic E-state index is 6.24. The molecule has 3 rings (SSSR count). The molecule has 0 aliphatic heterocycles. The summed E-state index contributed by atoms with van der Waals surface area (Å²) in [4.78, 5) is 8.52. The molecule has 4 N–H and O–H groups in total. The molecule has 0 saturated carbocycles. The van der Waals surface area contributed by atoms with Crippen molar-refractivity contribution < 1.29 is 0 Å². The highest BCUT2D eigenvalue weighted by Crippen LogP contribution is 2.28. The Kier molecular flexibility index (Phi) is 5.14. The summed E-state index contributed by atoms with van der Waals surface area (Å²) in [7, 11) is 0. The van der Waals surface area contributed by atoms with Gasteiger partial charge in [0, 0.05) is 11.4 Å². The molecular formula is C20H23N5. The second-order valence-corrected chi connectivity index (χ2v) is 5.84. The first-order valence-corrected chi connectivity index (χ1v) is 8.52. The molecule has 0 bridgehead atoms. The highest BCUT2D eigenvalue weighted by atomic mass is 15.1. The lowest BCUT2D eigenvalue weighted by atomic mass is 10.1. The molecule has 5 heteroatoms. The first-order valence-electron chi connectivity index (χ1n) is 8.52. The summed E-state index contributed by atoms with van der Waals surface area (Å²) in [6.45, 7) is 4.27. The van der Waals surface area contributed by atoms with Gasteiger partial charge in [0.05, 0.1) is 0 Å². The fourth-order valence-electron chi connectivity index (χ4n) is 2.52. The molecule has 0 radical (unpaired) electrons. The van der Waals surface area contributed by atoms with E-state index < -0.39 is 0 Å². The van der Waals surface area contributed by atoms with E-state index in [4.69, 9.17) is 5.73 Å². The summed E-state index contributed by atoms with van der Waals surface area (Å²) in [6, 6.07) is 16.5. The molecular weight excluding hydrogens is 310 g/mol. The van der Waals surface area contributed by atoms with Gasteiger partial charge in [0.25, 0.3) is 0 Å². The van der Waals surface area contributed by atoms with Crippen LogP contribution in [0.4, 0.5) is 28.7 Å². The number of aryl methyl sites for hydroxylation is 2. The third kappa shape index (κ3) is 4.07. The van der Waals surface area contributed by atoms with Gasteiger partial charge in [-0.3, -0.25) is 0 Å². The standard InChI is InChI=1S/C20H23N5/c1-3-14-5-9-16(10-6-14)24-19-18(21)20(23-13-22-19)25-17-11-7-15(4-2)8-12-17/h5-13H,3-4,21H2,1-2H3,(H2,22,23,24,25). The van der Waals surface area contributed by atoms with Gasteiger partial charge in [-0.05, 0) is 48.2 Å². The van der Waals surface area contributed by atoms with Crippen molar-refractivity contribution in [1.29, 1.82) is 0 Å². The largest absolute Gasteiger partial charge is 0.393 e. The summed E-state index contributed by atoms with van der Waals surface area (Å²) in [5, 5.41) is 6.50. The number of benzene rings is 2. The quantitative estimate of drug-likeness (QED) is 0.611. The van der Waals surface area contributed by atoms with Gasteiger partial charge in [0.2, 0.25) is 0 Å². The monoisotopic (exact) mass is 333 g/mol. The molecule has 5 nitrogen and oxygen atoms in total. The van der Waals surface area contributed by atoms with E-state index in [0.29, 0.717) is 17.3 Å². The lowest BCUT2D eigenvalue weighted by molar-refractivity contribution is 1.14. The molecule has 1 heterocycles. The molecule has 2 aromatic carbocycles. The minimum Gasteiger partial charge on any atom is -0.393 e. The molecule has 0 saturated heterocycles. The van der Waals surface area contributed by atoms with Crippen molar-refractivity contribution in [3.05, 3.63) is 66.0 Å². The van der Waals surface area contributed by atoms with E-state index in [9.17, 15) is 0 Å². The Bertz CT molecular complexity index is 758. The van der Waals surface area contributed by atoms with Crippen LogP contribution in [-0.4, -0.2) is 9.97 Å². The van der Waals surface area contributed by atoms with Crippen LogP contribution in [0.3, 0.4) is 0 Å². The highest BCUT2D eigenvalue weighted by molar-refractivity contribution is 5.80. The zero-order valence-electron chi connectivity index (χ0n) is 14.6. The Morgan fingerprint density at radius 1 is 0.720 bits per heavy atom. The summed E-state index contributed by atoms with van der Waals surface area (Å²) in [5.74, 6) is 1.18. The lowest BCUT2D eigenvalue weighted by Crippen LogP contribution is -2.05. The van der Waals surface area contributed by atoms with Crippen LogP contribution in [0.5, 0.6) is 0 Å². The normalized spacial score (nSPS) is 10.5. The van der Waals surface area contributed by atoms with Crippen LogP contribution in [0, 0.1) is 0 Å². The first-order chi connectivity index (χ1) is 12.2. The van der Waals surface area contributed by atoms with Gasteiger partial charge in [0.15, 0.2) is 11.6 Å². The van der Waals surface area contributed by atoms with Gasteiger partial charge in [0.1, 0.15) is 12.0 Å². The predicted molar refractivity (Wildman–Crippen MR) is 105 cm³/mol. The number of aromatic nitrogens is 2. The maximum Gasteiger partial charge on any atom is 0.159 e. The summed E-state index contributed by atoms with van der Waals surface area (Å²) in [5.41, 5.74) is 11.2. The number of nitrogen functional groups attached to an aromatic ring is 1. The molecule has 0 aliphatic carbocycles. The van der Waals surface area contributed by atoms with E-state index in [1.807, 2.05) is 24.3 Å². The Balaban J connectivity index is 1.78. The minimum atomic E-state index is 0.488. The maximum atomic E-state index is 6.24. The molecule has 1 aromatic heterocycles. The number of anilines is 5. The number of nitrogens with zero attached hydrogens (tertiary/aromatic N) is 2. The van der Waals surface area contributed by atoms with Crippen LogP contribution >= 0.6 is 0 Å². The van der Waals surface area contributed by atoms with Gasteiger partial charge < -0.3 is 16.4 Å². The average Bonchev–Trinajstić information content (AvgIpc) is 2.66. The summed E-state index contributed by atoms with van der Waals surface area (Å²) in [6.07, 6.45) is 3.53. The topological polar surface area (TPSA) is 75.9 Å². The van der Waals surface area contributed by atoms with Gasteiger partial charge in [-0.2, -0.15) is 0 Å². The van der Waals surface area contributed by atoms with Gasteiger partial charge in [-0.15, -0.1) is 0 Å². The van der Waals surface area contributed by atoms with Gasteiger partial charge in [-0.1, -0.05) is 38.1 Å². The Morgan fingerprint density at radius 2 is 1.12 bits per heavy atom. The molecule has 0 aliphatic rings. The number of rotatable bonds is 6. The number of nitrogens with two attached hydrogens (primary N) is 1. The fourth-order valence-corrected chi connectivity index (χ4v) is 2.52. The molecule has 0 atom stereocenters. The van der Waals surface area contributed by atoms with Crippen LogP contribution in [0.1, 0.15) is 25.0 Å². The molecule has 0 spiro atoms. The molecule has 3 aromatic rings. The molecule has 0 fully saturated rings. The molecule has 128 valence electrons. The molecule has 25 heavy (non-hydrogen) atoms. The number of hydrogen-bond donors (Lipinski definition) is 3. The zero-order valence-corrected chi connectivity index (χ0v) is 14.6. The van der Waals surface area contributed by atoms with Crippen LogP contribution < -0.4 is 16.4 Å². The molecule has 0 amide bonds. The fraction of sp³-hybridized carbons (Fsp3) is 0.200. The van der Waals surface area contributed by atoms with Crippen LogP contribution in [0.15, 0.2) is 54.9 Å². The Morgan fingerprint density at radius 3 is 1.48 bits per heavy atom. The molecule has 0 unspecified atom stereocenters. The number of nitrogens with one attached hydrogen (secondary N) is 2. The summed E-state index contributed by atoms with van der Waals surface area (Å²) < 4.78 is 0. The van der Waals surface area contributed by atoms with Crippen LogP contribution in [-0.2, 0) is 12.8 Å². The van der Waals surface area contributed by atoms with E-state index >= 15 is 0 Å². The first kappa shape index (κ1) is 16.8. The van der Waals surface area contributed by atoms with Crippen molar-refractivity contribution in [2.45, 2.75) is 26.7 Å². The smallest absolute Gasteiger partial charge is 0.159 e. The van der Waals surface area contributed by atoms with Crippen molar-refractivity contribution in [2.24, 2.45) is 0 Å². The van der Waals surface area contributed by atoms with E-state index in [1.54, 1.807) is 0 Å². The van der Waals surface area contributed by atoms with E-state index in [0.717, 1.165) is 24.2 Å². The third-order valence-electron chi connectivity index (χ3n) is 4.13. The third-order valence-corrected chi connectivity index (χ3v) is 4.13. The lowest BCUT2D eigenvalue weighted by Gasteiger charge is -2.13. The van der Waals surface area contributed by atoms with E-state index in [-0.39, 0.29) is 0 Å². The zero-order chi connectivity index (χ0) is 17.6. The van der Waals surface area contributed by atoms with Crippen molar-refractivity contribution in [1.82, 2.24) is 9.97 Å². The second kappa shape index (κ2) is 7.66. The van der Waals surface area contributed by atoms with Crippen LogP contribution in [0.25, 0.3) is 0 Å². The van der Waals surface area contributed by atoms with Crippen molar-refractivity contribution >= 4 is 28.7 Å². The second-order valence-electron chi connectivity index (χ2n) is 5.84. The van der Waals surface area contributed by atoms with Crippen molar-refractivity contribution in [3.8, 4) is 0 Å².